The van der Waals surface area contributed by atoms with E-state index in [1.807, 2.05) is 0 Å². The van der Waals surface area contributed by atoms with Crippen LogP contribution in [0.5, 0.6) is 0 Å². The molecule has 0 bridgehead atoms. The van der Waals surface area contributed by atoms with Gasteiger partial charge in [0, 0.05) is 13.1 Å². The lowest BCUT2D eigenvalue weighted by Crippen LogP contribution is -2.58. The average Bonchev–Trinajstić information content (AvgIpc) is 2.48. The topological polar surface area (TPSA) is 255 Å². The molecule has 0 aliphatic heterocycles. The van der Waals surface area contributed by atoms with Crippen LogP contribution in [0.1, 0.15) is 0 Å². The highest BCUT2D eigenvalue weighted by molar-refractivity contribution is 5.75. The van der Waals surface area contributed by atoms with Crippen LogP contribution in [0.4, 0.5) is 0 Å². The number of ether oxygens (including phenoxy) is 2. The lowest BCUT2D eigenvalue weighted by Gasteiger charge is -2.32. The largest absolute Gasteiger partial charge is 0.477 e. The molecule has 0 fully saturated rings. The summed E-state index contributed by atoms with van der Waals surface area (Å²) in [5.74, 6) is -5.86. The first-order valence-electron chi connectivity index (χ1n) is 7.86. The number of quaternary nitrogens is 1. The van der Waals surface area contributed by atoms with Crippen LogP contribution in [0.2, 0.25) is 0 Å². The van der Waals surface area contributed by atoms with Crippen LogP contribution in [-0.4, -0.2) is 114 Å². The third-order valence-corrected chi connectivity index (χ3v) is 2.78. The number of carboxylic acid groups (broad SMARTS) is 4. The van der Waals surface area contributed by atoms with Crippen LogP contribution < -0.4 is 17.6 Å². The first kappa shape index (κ1) is 30.4. The molecule has 0 unspecified atom stereocenters. The third-order valence-electron chi connectivity index (χ3n) is 2.78. The van der Waals surface area contributed by atoms with Crippen LogP contribution in [-0.2, 0) is 28.7 Å². The Morgan fingerprint density at radius 1 is 0.607 bits per heavy atom. The van der Waals surface area contributed by atoms with Gasteiger partial charge in [0.25, 0.3) is 0 Å². The van der Waals surface area contributed by atoms with E-state index in [-0.39, 0.29) is 6.15 Å². The maximum absolute atomic E-state index is 10.6. The molecule has 14 nitrogen and oxygen atoms in total. The van der Waals surface area contributed by atoms with Crippen LogP contribution in [0.3, 0.4) is 0 Å². The number of carboxylic acids is 4. The third kappa shape index (κ3) is 20.0. The van der Waals surface area contributed by atoms with E-state index in [0.717, 1.165) is 0 Å². The fourth-order valence-corrected chi connectivity index (χ4v) is 1.97. The standard InChI is InChI=1S/C8H11NO8.C6H16N2O2.H3N/c10-5(11)1-9(2-6(12)13,3-7(14)15)4-8(16)17;7-1-3-9-5-6-10-4-2-8;/h1-4H2,(H3-,10,11,12,13,14,15,16,17);1-8H2;1H3/p+1. The Labute approximate surface area is 161 Å². The van der Waals surface area contributed by atoms with Crippen molar-refractivity contribution < 1.29 is 53.6 Å². The second-order valence-corrected chi connectivity index (χ2v) is 5.35. The van der Waals surface area contributed by atoms with Crippen molar-refractivity contribution in [2.24, 2.45) is 11.5 Å². The number of hydrogen-bond acceptors (Lipinski definition) is 9. The molecule has 11 N–H and O–H groups in total. The molecule has 0 atom stereocenters. The normalized spacial score (nSPS) is 10.2. The van der Waals surface area contributed by atoms with Crippen molar-refractivity contribution >= 4 is 23.9 Å². The molecule has 0 saturated carbocycles. The smallest absolute Gasteiger partial charge is 0.359 e. The highest BCUT2D eigenvalue weighted by Gasteiger charge is 2.38. The van der Waals surface area contributed by atoms with Gasteiger partial charge >= 0.3 is 23.9 Å². The Morgan fingerprint density at radius 2 is 0.857 bits per heavy atom. The van der Waals surface area contributed by atoms with Crippen molar-refractivity contribution in [2.45, 2.75) is 0 Å². The predicted molar refractivity (Wildman–Crippen MR) is 95.0 cm³/mol. The molecular formula is C14H31N4O10+. The van der Waals surface area contributed by atoms with Gasteiger partial charge in [0.05, 0.1) is 26.4 Å². The molecule has 0 aliphatic carbocycles. The molecule has 0 saturated heterocycles. The maximum Gasteiger partial charge on any atom is 0.359 e. The zero-order valence-corrected chi connectivity index (χ0v) is 15.6. The van der Waals surface area contributed by atoms with Crippen molar-refractivity contribution in [2.75, 3.05) is 65.7 Å². The Morgan fingerprint density at radius 3 is 1.04 bits per heavy atom. The average molecular weight is 415 g/mol. The minimum absolute atomic E-state index is 0. The van der Waals surface area contributed by atoms with E-state index in [2.05, 4.69) is 0 Å². The van der Waals surface area contributed by atoms with Gasteiger partial charge in [-0.3, -0.25) is 4.48 Å². The lowest BCUT2D eigenvalue weighted by atomic mass is 10.3. The highest BCUT2D eigenvalue weighted by atomic mass is 16.5. The van der Waals surface area contributed by atoms with Crippen molar-refractivity contribution in [3.05, 3.63) is 0 Å². The SMILES string of the molecule is N.NCCOCCOCCN.O=C(O)C[N+](CC(=O)O)(CC(=O)O)CC(=O)O. The zero-order valence-electron chi connectivity index (χ0n) is 15.6. The van der Waals surface area contributed by atoms with Crippen molar-refractivity contribution in [1.82, 2.24) is 6.15 Å². The van der Waals surface area contributed by atoms with Crippen molar-refractivity contribution in [1.29, 1.82) is 0 Å². The number of nitrogens with two attached hydrogens (primary N) is 2. The van der Waals surface area contributed by atoms with E-state index in [1.165, 1.54) is 0 Å². The second kappa shape index (κ2) is 18.0. The molecule has 0 heterocycles. The first-order valence-corrected chi connectivity index (χ1v) is 7.86. The summed E-state index contributed by atoms with van der Waals surface area (Å²) in [5.41, 5.74) is 10.4. The molecule has 0 aromatic rings. The molecule has 0 radical (unpaired) electrons. The minimum Gasteiger partial charge on any atom is -0.477 e. The molecule has 0 aliphatic rings. The predicted octanol–water partition coefficient (Wildman–Crippen LogP) is -2.76. The summed E-state index contributed by atoms with van der Waals surface area (Å²) in [6.45, 7) is 0.0196. The van der Waals surface area contributed by atoms with Gasteiger partial charge in [-0.05, 0) is 0 Å². The Bertz CT molecular complexity index is 398. The quantitative estimate of drug-likeness (QED) is 0.106. The van der Waals surface area contributed by atoms with Crippen LogP contribution in [0.25, 0.3) is 0 Å². The van der Waals surface area contributed by atoms with E-state index in [0.29, 0.717) is 39.5 Å². The summed E-state index contributed by atoms with van der Waals surface area (Å²) < 4.78 is 9.00. The van der Waals surface area contributed by atoms with Crippen LogP contribution in [0, 0.1) is 0 Å². The van der Waals surface area contributed by atoms with Gasteiger partial charge < -0.3 is 47.5 Å². The summed E-state index contributed by atoms with van der Waals surface area (Å²) in [5, 5.41) is 34.4. The van der Waals surface area contributed by atoms with Crippen molar-refractivity contribution in [3.8, 4) is 0 Å². The summed E-state index contributed by atoms with van der Waals surface area (Å²) in [4.78, 5) is 42.3. The Balaban J connectivity index is -0.000000489. The number of rotatable bonds is 15. The molecule has 14 heteroatoms. The summed E-state index contributed by atoms with van der Waals surface area (Å²) in [7, 11) is 0. The van der Waals surface area contributed by atoms with Crippen LogP contribution in [0.15, 0.2) is 0 Å². The fourth-order valence-electron chi connectivity index (χ4n) is 1.97. The van der Waals surface area contributed by atoms with Gasteiger partial charge in [-0.25, -0.2) is 19.2 Å². The number of hydrogen-bond donors (Lipinski definition) is 7. The summed E-state index contributed by atoms with van der Waals surface area (Å²) >= 11 is 0. The van der Waals surface area contributed by atoms with E-state index in [9.17, 15) is 19.2 Å². The molecule has 28 heavy (non-hydrogen) atoms. The van der Waals surface area contributed by atoms with Crippen LogP contribution >= 0.6 is 0 Å². The fraction of sp³-hybridized carbons (Fsp3) is 0.714. The van der Waals surface area contributed by atoms with E-state index >= 15 is 0 Å². The van der Waals surface area contributed by atoms with E-state index in [4.69, 9.17) is 41.4 Å². The van der Waals surface area contributed by atoms with Crippen molar-refractivity contribution in [3.63, 3.8) is 0 Å². The van der Waals surface area contributed by atoms with Gasteiger partial charge in [0.1, 0.15) is 0 Å². The molecule has 0 aromatic carbocycles. The molecule has 0 rings (SSSR count). The van der Waals surface area contributed by atoms with Gasteiger partial charge in [-0.15, -0.1) is 0 Å². The molecule has 0 amide bonds. The highest BCUT2D eigenvalue weighted by Crippen LogP contribution is 2.07. The lowest BCUT2D eigenvalue weighted by molar-refractivity contribution is -0.900. The minimum atomic E-state index is -1.46. The van der Waals surface area contributed by atoms with E-state index in [1.54, 1.807) is 0 Å². The van der Waals surface area contributed by atoms with Gasteiger partial charge in [0.2, 0.25) is 0 Å². The number of carbonyl (C=O) groups is 4. The Kier molecular flexibility index (Phi) is 19.6. The molecule has 0 aromatic heterocycles. The summed E-state index contributed by atoms with van der Waals surface area (Å²) in [6.07, 6.45) is 0. The zero-order chi connectivity index (χ0) is 21.3. The second-order valence-electron chi connectivity index (χ2n) is 5.35. The van der Waals surface area contributed by atoms with Gasteiger partial charge in [-0.2, -0.15) is 0 Å². The Hall–Kier alpha value is -2.36. The van der Waals surface area contributed by atoms with Gasteiger partial charge in [-0.1, -0.05) is 0 Å². The van der Waals surface area contributed by atoms with Gasteiger partial charge in [0.15, 0.2) is 26.2 Å². The number of aliphatic carboxylic acids is 4. The molecule has 166 valence electrons. The molecule has 0 spiro atoms. The monoisotopic (exact) mass is 415 g/mol. The summed E-state index contributed by atoms with van der Waals surface area (Å²) in [6, 6.07) is 0. The van der Waals surface area contributed by atoms with E-state index < -0.39 is 54.5 Å². The molecular weight excluding hydrogens is 384 g/mol. The first-order chi connectivity index (χ1) is 12.6. The maximum atomic E-state index is 10.6. The number of nitrogens with zero attached hydrogens (tertiary/aromatic N) is 1.